The summed E-state index contributed by atoms with van der Waals surface area (Å²) in [5.41, 5.74) is 6.39. The van der Waals surface area contributed by atoms with Gasteiger partial charge < -0.3 is 5.73 Å². The van der Waals surface area contributed by atoms with Crippen molar-refractivity contribution in [3.05, 3.63) is 0 Å². The molecule has 2 aliphatic carbocycles. The van der Waals surface area contributed by atoms with Crippen LogP contribution in [-0.2, 0) is 0 Å². The Hall–Kier alpha value is -0.0800. The normalized spacial score (nSPS) is 37.9. The van der Waals surface area contributed by atoms with Crippen LogP contribution in [0, 0.1) is 11.8 Å². The summed E-state index contributed by atoms with van der Waals surface area (Å²) in [6.45, 7) is 2.62. The Bertz CT molecular complexity index is 278. The SMILES string of the molecule is NC1C2CCC1CN(C1CCCCCCCCCCC1)C2. The molecule has 0 amide bonds. The van der Waals surface area contributed by atoms with Gasteiger partial charge in [-0.15, -0.1) is 0 Å². The van der Waals surface area contributed by atoms with E-state index in [1.165, 1.54) is 96.6 Å². The lowest BCUT2D eigenvalue weighted by molar-refractivity contribution is 0.0885. The van der Waals surface area contributed by atoms with Gasteiger partial charge in [-0.25, -0.2) is 0 Å². The zero-order valence-electron chi connectivity index (χ0n) is 13.9. The van der Waals surface area contributed by atoms with E-state index in [1.54, 1.807) is 0 Å². The predicted molar refractivity (Wildman–Crippen MR) is 90.3 cm³/mol. The Labute approximate surface area is 131 Å². The molecule has 21 heavy (non-hydrogen) atoms. The third-order valence-electron chi connectivity index (χ3n) is 6.53. The van der Waals surface area contributed by atoms with Crippen LogP contribution < -0.4 is 5.73 Å². The van der Waals surface area contributed by atoms with Gasteiger partial charge in [-0.1, -0.05) is 57.8 Å². The summed E-state index contributed by atoms with van der Waals surface area (Å²) >= 11 is 0. The fourth-order valence-corrected chi connectivity index (χ4v) is 5.11. The van der Waals surface area contributed by atoms with Gasteiger partial charge in [0.2, 0.25) is 0 Å². The van der Waals surface area contributed by atoms with Gasteiger partial charge in [0, 0.05) is 25.2 Å². The van der Waals surface area contributed by atoms with Crippen LogP contribution in [0.15, 0.2) is 0 Å². The molecule has 0 aromatic rings. The van der Waals surface area contributed by atoms with Crippen molar-refractivity contribution in [2.45, 2.75) is 95.6 Å². The summed E-state index contributed by atoms with van der Waals surface area (Å²) in [5.74, 6) is 1.62. The molecule has 0 aromatic carbocycles. The van der Waals surface area contributed by atoms with Crippen LogP contribution in [0.5, 0.6) is 0 Å². The van der Waals surface area contributed by atoms with Crippen molar-refractivity contribution in [1.29, 1.82) is 0 Å². The highest BCUT2D eigenvalue weighted by atomic mass is 15.2. The third kappa shape index (κ3) is 4.22. The van der Waals surface area contributed by atoms with E-state index in [0.717, 1.165) is 17.9 Å². The number of hydrogen-bond acceptors (Lipinski definition) is 2. The Balaban J connectivity index is 1.53. The lowest BCUT2D eigenvalue weighted by Crippen LogP contribution is -2.52. The van der Waals surface area contributed by atoms with Gasteiger partial charge in [0.05, 0.1) is 0 Å². The van der Waals surface area contributed by atoms with Crippen LogP contribution in [0.25, 0.3) is 0 Å². The summed E-state index contributed by atoms with van der Waals surface area (Å²) in [6, 6.07) is 1.40. The van der Waals surface area contributed by atoms with Gasteiger partial charge in [-0.05, 0) is 37.5 Å². The summed E-state index contributed by atoms with van der Waals surface area (Å²) < 4.78 is 0. The van der Waals surface area contributed by atoms with Crippen LogP contribution in [-0.4, -0.2) is 30.1 Å². The summed E-state index contributed by atoms with van der Waals surface area (Å²) in [7, 11) is 0. The Morgan fingerprint density at radius 1 is 0.571 bits per heavy atom. The first-order valence-electron chi connectivity index (χ1n) is 9.84. The molecule has 3 rings (SSSR count). The fourth-order valence-electron chi connectivity index (χ4n) is 5.11. The first-order chi connectivity index (χ1) is 10.3. The zero-order chi connectivity index (χ0) is 14.5. The Morgan fingerprint density at radius 3 is 1.48 bits per heavy atom. The molecule has 3 aliphatic rings. The monoisotopic (exact) mass is 292 g/mol. The van der Waals surface area contributed by atoms with Crippen molar-refractivity contribution in [1.82, 2.24) is 4.90 Å². The molecule has 2 N–H and O–H groups in total. The minimum atomic E-state index is 0.521. The minimum Gasteiger partial charge on any atom is -0.327 e. The molecule has 2 nitrogen and oxygen atoms in total. The Morgan fingerprint density at radius 2 is 1.00 bits per heavy atom. The maximum atomic E-state index is 6.39. The quantitative estimate of drug-likeness (QED) is 0.779. The lowest BCUT2D eigenvalue weighted by Gasteiger charge is -2.41. The summed E-state index contributed by atoms with van der Waals surface area (Å²) in [5, 5.41) is 0. The largest absolute Gasteiger partial charge is 0.327 e. The van der Waals surface area contributed by atoms with E-state index < -0.39 is 0 Å². The molecule has 2 atom stereocenters. The molecule has 2 saturated carbocycles. The molecule has 122 valence electrons. The van der Waals surface area contributed by atoms with Crippen LogP contribution in [0.2, 0.25) is 0 Å². The van der Waals surface area contributed by atoms with E-state index in [0.29, 0.717) is 6.04 Å². The first-order valence-corrected chi connectivity index (χ1v) is 9.84. The highest BCUT2D eigenvalue weighted by Crippen LogP contribution is 2.37. The van der Waals surface area contributed by atoms with Crippen LogP contribution >= 0.6 is 0 Å². The van der Waals surface area contributed by atoms with E-state index >= 15 is 0 Å². The number of likely N-dealkylation sites (tertiary alicyclic amines) is 1. The fraction of sp³-hybridized carbons (Fsp3) is 1.00. The molecule has 0 spiro atoms. The molecular weight excluding hydrogens is 256 g/mol. The first kappa shape index (κ1) is 15.8. The highest BCUT2D eigenvalue weighted by Gasteiger charge is 2.41. The smallest absolute Gasteiger partial charge is 0.0120 e. The maximum Gasteiger partial charge on any atom is 0.0120 e. The molecule has 1 heterocycles. The number of nitrogens with zero attached hydrogens (tertiary/aromatic N) is 1. The number of rotatable bonds is 1. The zero-order valence-corrected chi connectivity index (χ0v) is 13.9. The van der Waals surface area contributed by atoms with Crippen LogP contribution in [0.1, 0.15) is 83.5 Å². The molecule has 2 heteroatoms. The van der Waals surface area contributed by atoms with E-state index in [-0.39, 0.29) is 0 Å². The Kier molecular flexibility index (Phi) is 5.99. The van der Waals surface area contributed by atoms with Gasteiger partial charge in [-0.3, -0.25) is 4.90 Å². The standard InChI is InChI=1S/C19H36N2/c20-19-16-12-13-17(19)15-21(14-16)18-10-8-6-4-2-1-3-5-7-9-11-18/h16-19H,1-15,20H2. The molecular formula is C19H36N2. The van der Waals surface area contributed by atoms with Crippen molar-refractivity contribution < 1.29 is 0 Å². The lowest BCUT2D eigenvalue weighted by atomic mass is 9.89. The molecule has 3 fully saturated rings. The van der Waals surface area contributed by atoms with Gasteiger partial charge in [-0.2, -0.15) is 0 Å². The molecule has 2 unspecified atom stereocenters. The van der Waals surface area contributed by atoms with Crippen molar-refractivity contribution in [3.63, 3.8) is 0 Å². The van der Waals surface area contributed by atoms with E-state index in [9.17, 15) is 0 Å². The highest BCUT2D eigenvalue weighted by molar-refractivity contribution is 4.96. The summed E-state index contributed by atoms with van der Waals surface area (Å²) in [6.07, 6.45) is 19.0. The van der Waals surface area contributed by atoms with E-state index in [4.69, 9.17) is 5.73 Å². The van der Waals surface area contributed by atoms with Gasteiger partial charge in [0.1, 0.15) is 0 Å². The molecule has 0 radical (unpaired) electrons. The minimum absolute atomic E-state index is 0.521. The molecule has 0 aromatic heterocycles. The van der Waals surface area contributed by atoms with Crippen LogP contribution in [0.4, 0.5) is 0 Å². The van der Waals surface area contributed by atoms with Gasteiger partial charge in [0.25, 0.3) is 0 Å². The molecule has 2 bridgehead atoms. The number of hydrogen-bond donors (Lipinski definition) is 1. The molecule has 1 aliphatic heterocycles. The summed E-state index contributed by atoms with van der Waals surface area (Å²) in [4.78, 5) is 2.86. The second-order valence-corrected chi connectivity index (χ2v) is 8.04. The second kappa shape index (κ2) is 7.97. The second-order valence-electron chi connectivity index (χ2n) is 8.04. The predicted octanol–water partition coefficient (Wildman–Crippen LogP) is 4.33. The van der Waals surface area contributed by atoms with Crippen molar-refractivity contribution in [2.24, 2.45) is 17.6 Å². The van der Waals surface area contributed by atoms with Crippen molar-refractivity contribution in [2.75, 3.05) is 13.1 Å². The number of fused-ring (bicyclic) bond motifs is 2. The van der Waals surface area contributed by atoms with Crippen LogP contribution in [0.3, 0.4) is 0 Å². The topological polar surface area (TPSA) is 29.3 Å². The van der Waals surface area contributed by atoms with Gasteiger partial charge >= 0.3 is 0 Å². The average Bonchev–Trinajstić information content (AvgIpc) is 2.70. The number of piperidine rings is 1. The maximum absolute atomic E-state index is 6.39. The van der Waals surface area contributed by atoms with E-state index in [1.807, 2.05) is 0 Å². The average molecular weight is 293 g/mol. The number of nitrogens with two attached hydrogens (primary N) is 1. The van der Waals surface area contributed by atoms with Gasteiger partial charge in [0.15, 0.2) is 0 Å². The third-order valence-corrected chi connectivity index (χ3v) is 6.53. The molecule has 1 saturated heterocycles. The van der Waals surface area contributed by atoms with Crippen molar-refractivity contribution in [3.8, 4) is 0 Å². The van der Waals surface area contributed by atoms with Crippen molar-refractivity contribution >= 4 is 0 Å². The van der Waals surface area contributed by atoms with E-state index in [2.05, 4.69) is 4.90 Å².